The highest BCUT2D eigenvalue weighted by molar-refractivity contribution is 6.22. The summed E-state index contributed by atoms with van der Waals surface area (Å²) in [7, 11) is 0. The van der Waals surface area contributed by atoms with Crippen LogP contribution in [0.25, 0.3) is 0 Å². The molecule has 3 unspecified atom stereocenters. The maximum absolute atomic E-state index is 13.4. The second-order valence-corrected chi connectivity index (χ2v) is 10.1. The van der Waals surface area contributed by atoms with Crippen LogP contribution in [0.15, 0.2) is 72.8 Å². The Bertz CT molecular complexity index is 1400. The third-order valence-electron chi connectivity index (χ3n) is 7.75. The Morgan fingerprint density at radius 1 is 0.895 bits per heavy atom. The van der Waals surface area contributed by atoms with E-state index >= 15 is 0 Å². The van der Waals surface area contributed by atoms with Gasteiger partial charge in [-0.1, -0.05) is 48.5 Å². The molecule has 38 heavy (non-hydrogen) atoms. The summed E-state index contributed by atoms with van der Waals surface area (Å²) in [5.41, 5.74) is 4.35. The molecule has 0 spiro atoms. The molecule has 7 heteroatoms. The largest absolute Gasteiger partial charge is 0.452 e. The average Bonchev–Trinajstić information content (AvgIpc) is 3.19. The van der Waals surface area contributed by atoms with Crippen molar-refractivity contribution in [3.05, 3.63) is 95.1 Å². The topological polar surface area (TPSA) is 92.8 Å². The molecule has 1 saturated heterocycles. The van der Waals surface area contributed by atoms with Gasteiger partial charge < -0.3 is 10.1 Å². The maximum atomic E-state index is 13.4. The fraction of sp³-hybridized carbons (Fsp3) is 0.290. The molecule has 3 aromatic carbocycles. The van der Waals surface area contributed by atoms with Crippen LogP contribution in [-0.4, -0.2) is 30.3 Å². The van der Waals surface area contributed by atoms with Gasteiger partial charge in [-0.2, -0.15) is 0 Å². The van der Waals surface area contributed by atoms with E-state index < -0.39 is 18.5 Å². The SMILES string of the molecule is Cc1cccc(NC(=O)COC(=O)c2cccc(N3C(=O)C4CCC(c5ccccc5)CC4C3=O)c2)c1C. The van der Waals surface area contributed by atoms with Crippen molar-refractivity contribution in [1.82, 2.24) is 0 Å². The lowest BCUT2D eigenvalue weighted by Gasteiger charge is -2.28. The predicted octanol–water partition coefficient (Wildman–Crippen LogP) is 5.17. The minimum Gasteiger partial charge on any atom is -0.452 e. The highest BCUT2D eigenvalue weighted by Crippen LogP contribution is 2.45. The fourth-order valence-corrected chi connectivity index (χ4v) is 5.52. The van der Waals surface area contributed by atoms with Gasteiger partial charge in [0.2, 0.25) is 11.8 Å². The lowest BCUT2D eigenvalue weighted by Crippen LogP contribution is -2.31. The zero-order valence-electron chi connectivity index (χ0n) is 21.5. The number of aryl methyl sites for hydroxylation is 1. The van der Waals surface area contributed by atoms with Crippen molar-refractivity contribution in [3.8, 4) is 0 Å². The molecule has 0 bridgehead atoms. The number of imide groups is 1. The van der Waals surface area contributed by atoms with Crippen LogP contribution in [0.1, 0.15) is 52.2 Å². The van der Waals surface area contributed by atoms with E-state index in [0.717, 1.165) is 17.5 Å². The van der Waals surface area contributed by atoms with Gasteiger partial charge in [0.15, 0.2) is 6.61 Å². The number of amides is 3. The summed E-state index contributed by atoms with van der Waals surface area (Å²) >= 11 is 0. The lowest BCUT2D eigenvalue weighted by atomic mass is 9.73. The van der Waals surface area contributed by atoms with Gasteiger partial charge in [0.1, 0.15) is 0 Å². The van der Waals surface area contributed by atoms with E-state index in [-0.39, 0.29) is 35.1 Å². The molecule has 7 nitrogen and oxygen atoms in total. The molecule has 0 aromatic heterocycles. The standard InChI is InChI=1S/C31H30N2O5/c1-19-8-6-13-27(20(19)2)32-28(34)18-38-31(37)23-11-7-12-24(16-23)33-29(35)25-15-14-22(17-26(25)30(33)36)21-9-4-3-5-10-21/h3-13,16,22,25-26H,14-15,17-18H2,1-2H3,(H,32,34). The summed E-state index contributed by atoms with van der Waals surface area (Å²) in [4.78, 5) is 52.9. The van der Waals surface area contributed by atoms with Gasteiger partial charge in [0.05, 0.1) is 23.1 Å². The Morgan fingerprint density at radius 2 is 1.63 bits per heavy atom. The molecule has 3 amide bonds. The molecule has 0 radical (unpaired) electrons. The third-order valence-corrected chi connectivity index (χ3v) is 7.75. The van der Waals surface area contributed by atoms with E-state index in [1.165, 1.54) is 22.6 Å². The van der Waals surface area contributed by atoms with Crippen molar-refractivity contribution in [3.63, 3.8) is 0 Å². The second kappa shape index (κ2) is 10.6. The molecule has 1 aliphatic heterocycles. The number of benzene rings is 3. The first kappa shape index (κ1) is 25.4. The Balaban J connectivity index is 1.25. The molecular formula is C31H30N2O5. The summed E-state index contributed by atoms with van der Waals surface area (Å²) in [6.45, 7) is 3.40. The van der Waals surface area contributed by atoms with Gasteiger partial charge >= 0.3 is 5.97 Å². The predicted molar refractivity (Wildman–Crippen MR) is 144 cm³/mol. The van der Waals surface area contributed by atoms with E-state index in [4.69, 9.17) is 4.74 Å². The van der Waals surface area contributed by atoms with E-state index in [2.05, 4.69) is 17.4 Å². The van der Waals surface area contributed by atoms with E-state index in [1.807, 2.05) is 44.2 Å². The molecule has 1 heterocycles. The van der Waals surface area contributed by atoms with Crippen molar-refractivity contribution >= 4 is 35.1 Å². The summed E-state index contributed by atoms with van der Waals surface area (Å²) < 4.78 is 5.22. The van der Waals surface area contributed by atoms with Crippen LogP contribution in [0.2, 0.25) is 0 Å². The molecule has 3 atom stereocenters. The Labute approximate surface area is 221 Å². The number of anilines is 2. The van der Waals surface area contributed by atoms with Crippen molar-refractivity contribution < 1.29 is 23.9 Å². The number of nitrogens with zero attached hydrogens (tertiary/aromatic N) is 1. The van der Waals surface area contributed by atoms with Crippen molar-refractivity contribution in [2.24, 2.45) is 11.8 Å². The van der Waals surface area contributed by atoms with Gasteiger partial charge in [-0.25, -0.2) is 4.79 Å². The zero-order valence-corrected chi connectivity index (χ0v) is 21.5. The molecule has 2 fully saturated rings. The van der Waals surface area contributed by atoms with Crippen molar-refractivity contribution in [1.29, 1.82) is 0 Å². The molecule has 1 N–H and O–H groups in total. The van der Waals surface area contributed by atoms with Crippen LogP contribution in [0.5, 0.6) is 0 Å². The lowest BCUT2D eigenvalue weighted by molar-refractivity contribution is -0.122. The highest BCUT2D eigenvalue weighted by atomic mass is 16.5. The summed E-state index contributed by atoms with van der Waals surface area (Å²) in [5.74, 6) is -2.07. The number of ether oxygens (including phenoxy) is 1. The molecule has 5 rings (SSSR count). The minimum absolute atomic E-state index is 0.166. The van der Waals surface area contributed by atoms with Gasteiger partial charge in [-0.15, -0.1) is 0 Å². The van der Waals surface area contributed by atoms with E-state index in [1.54, 1.807) is 18.2 Å². The molecule has 194 valence electrons. The zero-order chi connectivity index (χ0) is 26.8. The molecule has 2 aliphatic rings. The Morgan fingerprint density at radius 3 is 2.42 bits per heavy atom. The van der Waals surface area contributed by atoms with Gasteiger partial charge in [-0.05, 0) is 80.0 Å². The van der Waals surface area contributed by atoms with Crippen molar-refractivity contribution in [2.75, 3.05) is 16.8 Å². The van der Waals surface area contributed by atoms with Gasteiger partial charge in [0, 0.05) is 5.69 Å². The van der Waals surface area contributed by atoms with Crippen LogP contribution in [-0.2, 0) is 19.1 Å². The number of hydrogen-bond donors (Lipinski definition) is 1. The molecule has 3 aromatic rings. The van der Waals surface area contributed by atoms with Crippen molar-refractivity contribution in [2.45, 2.75) is 39.0 Å². The minimum atomic E-state index is -0.705. The maximum Gasteiger partial charge on any atom is 0.338 e. The normalized spacial score (nSPS) is 20.7. The van der Waals surface area contributed by atoms with Crippen LogP contribution >= 0.6 is 0 Å². The first-order valence-corrected chi connectivity index (χ1v) is 12.9. The summed E-state index contributed by atoms with van der Waals surface area (Å²) in [6, 6.07) is 21.9. The fourth-order valence-electron chi connectivity index (χ4n) is 5.52. The average molecular weight is 511 g/mol. The number of fused-ring (bicyclic) bond motifs is 1. The summed E-state index contributed by atoms with van der Waals surface area (Å²) in [6.07, 6.45) is 2.14. The molecule has 1 aliphatic carbocycles. The van der Waals surface area contributed by atoms with Crippen LogP contribution in [0.4, 0.5) is 11.4 Å². The smallest absolute Gasteiger partial charge is 0.338 e. The first-order valence-electron chi connectivity index (χ1n) is 12.9. The summed E-state index contributed by atoms with van der Waals surface area (Å²) in [5, 5.41) is 2.76. The number of esters is 1. The number of carbonyl (C=O) groups is 4. The first-order chi connectivity index (χ1) is 18.3. The Hall–Kier alpha value is -4.26. The van der Waals surface area contributed by atoms with Crippen LogP contribution in [0, 0.1) is 25.7 Å². The monoisotopic (exact) mass is 510 g/mol. The second-order valence-electron chi connectivity index (χ2n) is 10.1. The van der Waals surface area contributed by atoms with Gasteiger partial charge in [0.25, 0.3) is 5.91 Å². The molecule has 1 saturated carbocycles. The van der Waals surface area contributed by atoms with E-state index in [0.29, 0.717) is 24.2 Å². The number of carbonyl (C=O) groups excluding carboxylic acids is 4. The third kappa shape index (κ3) is 4.96. The number of rotatable bonds is 6. The molecular weight excluding hydrogens is 480 g/mol. The number of nitrogens with one attached hydrogen (secondary N) is 1. The van der Waals surface area contributed by atoms with E-state index in [9.17, 15) is 19.2 Å². The quantitative estimate of drug-likeness (QED) is 0.365. The van der Waals surface area contributed by atoms with Crippen LogP contribution < -0.4 is 10.2 Å². The van der Waals surface area contributed by atoms with Crippen LogP contribution in [0.3, 0.4) is 0 Å². The van der Waals surface area contributed by atoms with Gasteiger partial charge in [-0.3, -0.25) is 19.3 Å². The Kier molecular flexibility index (Phi) is 7.09. The highest BCUT2D eigenvalue weighted by Gasteiger charge is 2.50. The number of hydrogen-bond acceptors (Lipinski definition) is 5.